The maximum absolute atomic E-state index is 12.9. The first kappa shape index (κ1) is 29.4. The zero-order valence-corrected chi connectivity index (χ0v) is 22.7. The largest absolute Gasteiger partial charge is 0.494 e. The molecule has 3 rings (SSSR count). The van der Waals surface area contributed by atoms with Gasteiger partial charge in [-0.2, -0.15) is 0 Å². The van der Waals surface area contributed by atoms with Crippen molar-refractivity contribution in [3.05, 3.63) is 72.8 Å². The fraction of sp³-hybridized carbons (Fsp3) is 0.200. The number of benzene rings is 3. The van der Waals surface area contributed by atoms with E-state index in [1.165, 1.54) is 67.7 Å². The molecule has 3 aromatic rings. The second kappa shape index (κ2) is 12.6. The molecule has 3 N–H and O–H groups in total. The summed E-state index contributed by atoms with van der Waals surface area (Å²) in [5.41, 5.74) is 0.655. The number of hydrogen-bond acceptors (Lipinski definition) is 9. The molecular weight excluding hydrogens is 550 g/mol. The number of primary sulfonamides is 1. The molecule has 0 atom stereocenters. The highest BCUT2D eigenvalue weighted by molar-refractivity contribution is 7.92. The van der Waals surface area contributed by atoms with Gasteiger partial charge in [-0.25, -0.2) is 26.8 Å². The van der Waals surface area contributed by atoms with Gasteiger partial charge < -0.3 is 19.5 Å². The number of carbonyl (C=O) groups excluding carboxylic acids is 2. The first-order chi connectivity index (χ1) is 18.4. The van der Waals surface area contributed by atoms with Crippen molar-refractivity contribution in [2.75, 3.05) is 36.5 Å². The monoisotopic (exact) mass is 577 g/mol. The lowest BCUT2D eigenvalue weighted by Crippen LogP contribution is -2.26. The second-order valence-electron chi connectivity index (χ2n) is 7.94. The summed E-state index contributed by atoms with van der Waals surface area (Å²) >= 11 is 0. The van der Waals surface area contributed by atoms with Crippen LogP contribution >= 0.6 is 0 Å². The summed E-state index contributed by atoms with van der Waals surface area (Å²) in [6.45, 7) is 1.22. The van der Waals surface area contributed by atoms with E-state index in [1.54, 1.807) is 12.1 Å². The Morgan fingerprint density at radius 3 is 1.90 bits per heavy atom. The van der Waals surface area contributed by atoms with Crippen molar-refractivity contribution >= 4 is 43.3 Å². The maximum Gasteiger partial charge on any atom is 0.344 e. The van der Waals surface area contributed by atoms with Gasteiger partial charge in [0.15, 0.2) is 13.2 Å². The number of anilines is 2. The molecule has 0 radical (unpaired) electrons. The van der Waals surface area contributed by atoms with Crippen LogP contribution in [0.5, 0.6) is 11.5 Å². The van der Waals surface area contributed by atoms with Gasteiger partial charge in [-0.05, 0) is 79.7 Å². The molecule has 208 valence electrons. The Morgan fingerprint density at radius 1 is 0.795 bits per heavy atom. The molecule has 0 unspecified atom stereocenters. The zero-order chi connectivity index (χ0) is 28.6. The van der Waals surface area contributed by atoms with Gasteiger partial charge in [0.05, 0.1) is 22.1 Å². The van der Waals surface area contributed by atoms with E-state index in [4.69, 9.17) is 19.3 Å². The van der Waals surface area contributed by atoms with Crippen LogP contribution in [0.15, 0.2) is 82.6 Å². The van der Waals surface area contributed by atoms with E-state index in [9.17, 15) is 26.4 Å². The molecule has 0 saturated carbocycles. The number of nitrogens with two attached hydrogens (primary N) is 1. The summed E-state index contributed by atoms with van der Waals surface area (Å²) in [7, 11) is -6.26. The SMILES string of the molecule is CCOc1ccc(S(=O)(=O)N(C)c2ccc(OCC(=O)OCC(=O)Nc3ccc(S(N)(=O)=O)cc3)cc2)cc1. The molecule has 0 aliphatic rings. The third kappa shape index (κ3) is 8.17. The molecule has 1 amide bonds. The Labute approximate surface area is 226 Å². The summed E-state index contributed by atoms with van der Waals surface area (Å²) in [6.07, 6.45) is 0. The molecule has 0 spiro atoms. The minimum absolute atomic E-state index is 0.0982. The first-order valence-electron chi connectivity index (χ1n) is 11.4. The number of ether oxygens (including phenoxy) is 3. The molecule has 14 heteroatoms. The number of nitrogens with zero attached hydrogens (tertiary/aromatic N) is 1. The van der Waals surface area contributed by atoms with Gasteiger partial charge in [0.25, 0.3) is 15.9 Å². The van der Waals surface area contributed by atoms with Crippen LogP contribution in [0.2, 0.25) is 0 Å². The van der Waals surface area contributed by atoms with Gasteiger partial charge in [-0.3, -0.25) is 9.10 Å². The molecule has 12 nitrogen and oxygen atoms in total. The van der Waals surface area contributed by atoms with E-state index < -0.39 is 45.1 Å². The third-order valence-electron chi connectivity index (χ3n) is 5.18. The fourth-order valence-electron chi connectivity index (χ4n) is 3.18. The molecule has 0 aliphatic carbocycles. The molecule has 0 bridgehead atoms. The van der Waals surface area contributed by atoms with Crippen molar-refractivity contribution in [3.8, 4) is 11.5 Å². The molecule has 39 heavy (non-hydrogen) atoms. The van der Waals surface area contributed by atoms with Crippen LogP contribution < -0.4 is 24.2 Å². The van der Waals surface area contributed by atoms with Crippen molar-refractivity contribution in [1.82, 2.24) is 0 Å². The molecule has 0 heterocycles. The van der Waals surface area contributed by atoms with E-state index in [0.717, 1.165) is 4.31 Å². The average molecular weight is 578 g/mol. The number of esters is 1. The van der Waals surface area contributed by atoms with Gasteiger partial charge in [-0.15, -0.1) is 0 Å². The minimum Gasteiger partial charge on any atom is -0.494 e. The highest BCUT2D eigenvalue weighted by Crippen LogP contribution is 2.25. The summed E-state index contributed by atoms with van der Waals surface area (Å²) < 4.78 is 65.1. The second-order valence-corrected chi connectivity index (χ2v) is 11.5. The van der Waals surface area contributed by atoms with Crippen LogP contribution in [-0.4, -0.2) is 55.6 Å². The predicted octanol–water partition coefficient (Wildman–Crippen LogP) is 2.12. The lowest BCUT2D eigenvalue weighted by Gasteiger charge is -2.20. The number of nitrogens with one attached hydrogen (secondary N) is 1. The quantitative estimate of drug-likeness (QED) is 0.306. The maximum atomic E-state index is 12.9. The lowest BCUT2D eigenvalue weighted by molar-refractivity contribution is -0.149. The number of rotatable bonds is 12. The average Bonchev–Trinajstić information content (AvgIpc) is 2.91. The molecule has 3 aromatic carbocycles. The van der Waals surface area contributed by atoms with Crippen molar-refractivity contribution in [2.45, 2.75) is 16.7 Å². The van der Waals surface area contributed by atoms with Gasteiger partial charge >= 0.3 is 5.97 Å². The molecule has 0 fully saturated rings. The molecule has 0 saturated heterocycles. The van der Waals surface area contributed by atoms with Crippen LogP contribution in [0.1, 0.15) is 6.92 Å². The van der Waals surface area contributed by atoms with Crippen molar-refractivity contribution in [2.24, 2.45) is 5.14 Å². The normalized spacial score (nSPS) is 11.4. The van der Waals surface area contributed by atoms with Gasteiger partial charge in [0.2, 0.25) is 10.0 Å². The third-order valence-corrected chi connectivity index (χ3v) is 7.91. The van der Waals surface area contributed by atoms with Crippen LogP contribution in [0.4, 0.5) is 11.4 Å². The van der Waals surface area contributed by atoms with E-state index in [-0.39, 0.29) is 21.2 Å². The van der Waals surface area contributed by atoms with Crippen LogP contribution in [0.3, 0.4) is 0 Å². The first-order valence-corrected chi connectivity index (χ1v) is 14.4. The topological polar surface area (TPSA) is 171 Å². The summed E-state index contributed by atoms with van der Waals surface area (Å²) in [5, 5.41) is 7.46. The van der Waals surface area contributed by atoms with E-state index in [2.05, 4.69) is 5.32 Å². The van der Waals surface area contributed by atoms with Crippen LogP contribution in [-0.2, 0) is 34.4 Å². The van der Waals surface area contributed by atoms with Gasteiger partial charge in [0, 0.05) is 12.7 Å². The molecule has 0 aliphatic heterocycles. The Balaban J connectivity index is 1.47. The summed E-state index contributed by atoms with van der Waals surface area (Å²) in [4.78, 5) is 23.9. The standard InChI is InChI=1S/C25H27N3O9S2/c1-3-35-20-10-14-23(15-11-20)39(33,34)28(2)19-6-8-21(9-7-19)36-17-25(30)37-16-24(29)27-18-4-12-22(13-5-18)38(26,31)32/h4-15H,3,16-17H2,1-2H3,(H,27,29)(H2,26,31,32). The number of sulfonamides is 2. The highest BCUT2D eigenvalue weighted by Gasteiger charge is 2.21. The van der Waals surface area contributed by atoms with Crippen molar-refractivity contribution < 1.29 is 40.6 Å². The van der Waals surface area contributed by atoms with E-state index in [0.29, 0.717) is 18.0 Å². The van der Waals surface area contributed by atoms with Crippen LogP contribution in [0, 0.1) is 0 Å². The lowest BCUT2D eigenvalue weighted by atomic mass is 10.3. The molecule has 0 aromatic heterocycles. The van der Waals surface area contributed by atoms with Crippen LogP contribution in [0.25, 0.3) is 0 Å². The molecular formula is C25H27N3O9S2. The van der Waals surface area contributed by atoms with Crippen molar-refractivity contribution in [1.29, 1.82) is 0 Å². The Morgan fingerprint density at radius 2 is 1.33 bits per heavy atom. The smallest absolute Gasteiger partial charge is 0.344 e. The summed E-state index contributed by atoms with van der Waals surface area (Å²) in [6, 6.07) is 17.2. The highest BCUT2D eigenvalue weighted by atomic mass is 32.2. The van der Waals surface area contributed by atoms with E-state index >= 15 is 0 Å². The number of hydrogen-bond donors (Lipinski definition) is 2. The van der Waals surface area contributed by atoms with Gasteiger partial charge in [0.1, 0.15) is 11.5 Å². The van der Waals surface area contributed by atoms with E-state index in [1.807, 2.05) is 6.92 Å². The predicted molar refractivity (Wildman–Crippen MR) is 143 cm³/mol. The number of carbonyl (C=O) groups is 2. The fourth-order valence-corrected chi connectivity index (χ4v) is 4.89. The van der Waals surface area contributed by atoms with Crippen molar-refractivity contribution in [3.63, 3.8) is 0 Å². The summed E-state index contributed by atoms with van der Waals surface area (Å²) in [5.74, 6) is -0.610. The Bertz CT molecular complexity index is 1510. The minimum atomic E-state index is -3.86. The van der Waals surface area contributed by atoms with Gasteiger partial charge in [-0.1, -0.05) is 0 Å². The number of amides is 1. The Hall–Kier alpha value is -4.14. The Kier molecular flexibility index (Phi) is 9.51. The zero-order valence-electron chi connectivity index (χ0n) is 21.1.